The number of aryl methyl sites for hydroxylation is 1. The molecule has 0 aliphatic carbocycles. The van der Waals surface area contributed by atoms with Crippen LogP contribution in [0.1, 0.15) is 22.8 Å². The lowest BCUT2D eigenvalue weighted by Gasteiger charge is -2.11. The highest BCUT2D eigenvalue weighted by Crippen LogP contribution is 2.23. The SMILES string of the molecule is CCOC(=O)c1cn(-c2nc(-n3cccn3)ns2)c2nc(Cl)cc(C)c2c1=O. The van der Waals surface area contributed by atoms with Crippen molar-refractivity contribution in [3.63, 3.8) is 0 Å². The molecule has 0 aliphatic heterocycles. The first-order valence-electron chi connectivity index (χ1n) is 8.23. The lowest BCUT2D eigenvalue weighted by Crippen LogP contribution is -2.21. The molecule has 0 bridgehead atoms. The lowest BCUT2D eigenvalue weighted by molar-refractivity contribution is 0.0524. The van der Waals surface area contributed by atoms with Crippen molar-refractivity contribution in [2.45, 2.75) is 13.8 Å². The van der Waals surface area contributed by atoms with Crippen LogP contribution in [0.25, 0.3) is 22.1 Å². The Labute approximate surface area is 167 Å². The number of aromatic nitrogens is 6. The van der Waals surface area contributed by atoms with Gasteiger partial charge >= 0.3 is 5.97 Å². The van der Waals surface area contributed by atoms with Crippen LogP contribution >= 0.6 is 23.1 Å². The van der Waals surface area contributed by atoms with E-state index in [1.54, 1.807) is 38.4 Å². The number of rotatable bonds is 4. The standard InChI is InChI=1S/C17H13ClN6O3S/c1-3-27-15(26)10-8-23(14-12(13(10)25)9(2)7-11(18)20-14)17-21-16(22-28-17)24-6-4-5-19-24/h4-8H,3H2,1-2H3. The fourth-order valence-corrected chi connectivity index (χ4v) is 3.62. The minimum atomic E-state index is -0.714. The Balaban J connectivity index is 2.00. The van der Waals surface area contributed by atoms with Gasteiger partial charge in [0.05, 0.1) is 12.0 Å². The summed E-state index contributed by atoms with van der Waals surface area (Å²) in [6.45, 7) is 3.55. The highest BCUT2D eigenvalue weighted by molar-refractivity contribution is 7.08. The number of hydrogen-bond acceptors (Lipinski definition) is 8. The Morgan fingerprint density at radius 2 is 2.18 bits per heavy atom. The molecule has 0 unspecified atom stereocenters. The molecule has 0 saturated heterocycles. The second kappa shape index (κ2) is 7.13. The summed E-state index contributed by atoms with van der Waals surface area (Å²) in [5.41, 5.74) is 0.295. The number of fused-ring (bicyclic) bond motifs is 1. The number of esters is 1. The van der Waals surface area contributed by atoms with Crippen molar-refractivity contribution < 1.29 is 9.53 Å². The molecule has 0 N–H and O–H groups in total. The van der Waals surface area contributed by atoms with Gasteiger partial charge in [-0.2, -0.15) is 10.1 Å². The van der Waals surface area contributed by atoms with Crippen LogP contribution in [-0.4, -0.2) is 41.3 Å². The molecular weight excluding hydrogens is 404 g/mol. The predicted molar refractivity (Wildman–Crippen MR) is 104 cm³/mol. The van der Waals surface area contributed by atoms with E-state index in [0.29, 0.717) is 16.6 Å². The van der Waals surface area contributed by atoms with E-state index in [4.69, 9.17) is 16.3 Å². The quantitative estimate of drug-likeness (QED) is 0.372. The first-order valence-corrected chi connectivity index (χ1v) is 9.38. The van der Waals surface area contributed by atoms with E-state index in [1.165, 1.54) is 15.4 Å². The number of nitrogens with zero attached hydrogens (tertiary/aromatic N) is 6. The molecule has 4 aromatic rings. The third-order valence-corrected chi connectivity index (χ3v) is 4.84. The van der Waals surface area contributed by atoms with Crippen LogP contribution in [0.2, 0.25) is 5.15 Å². The van der Waals surface area contributed by atoms with Gasteiger partial charge in [-0.25, -0.2) is 14.5 Å². The minimum Gasteiger partial charge on any atom is -0.462 e. The Morgan fingerprint density at radius 1 is 1.36 bits per heavy atom. The summed E-state index contributed by atoms with van der Waals surface area (Å²) in [7, 11) is 0. The minimum absolute atomic E-state index is 0.114. The molecule has 0 aliphatic rings. The molecule has 0 atom stereocenters. The summed E-state index contributed by atoms with van der Waals surface area (Å²) < 4.78 is 12.3. The zero-order chi connectivity index (χ0) is 19.8. The van der Waals surface area contributed by atoms with E-state index in [2.05, 4.69) is 19.4 Å². The number of carbonyl (C=O) groups excluding carboxylic acids is 1. The molecular formula is C17H13ClN6O3S. The largest absolute Gasteiger partial charge is 0.462 e. The van der Waals surface area contributed by atoms with Crippen LogP contribution in [-0.2, 0) is 4.74 Å². The van der Waals surface area contributed by atoms with Crippen LogP contribution < -0.4 is 5.43 Å². The van der Waals surface area contributed by atoms with Gasteiger partial charge in [0.15, 0.2) is 5.65 Å². The molecule has 0 spiro atoms. The van der Waals surface area contributed by atoms with Gasteiger partial charge in [-0.1, -0.05) is 11.6 Å². The first kappa shape index (κ1) is 18.3. The third-order valence-electron chi connectivity index (χ3n) is 3.94. The Bertz CT molecular complexity index is 1250. The smallest absolute Gasteiger partial charge is 0.343 e. The summed E-state index contributed by atoms with van der Waals surface area (Å²) in [5, 5.41) is 4.99. The number of halogens is 1. The third kappa shape index (κ3) is 3.06. The second-order valence-electron chi connectivity index (χ2n) is 5.75. The molecule has 28 heavy (non-hydrogen) atoms. The molecule has 4 heterocycles. The van der Waals surface area contributed by atoms with Crippen LogP contribution in [0.15, 0.2) is 35.5 Å². The number of ether oxygens (including phenoxy) is 1. The van der Waals surface area contributed by atoms with Crippen LogP contribution in [0.4, 0.5) is 0 Å². The summed E-state index contributed by atoms with van der Waals surface area (Å²) >= 11 is 7.18. The molecule has 142 valence electrons. The molecule has 4 rings (SSSR count). The maximum atomic E-state index is 12.9. The maximum Gasteiger partial charge on any atom is 0.343 e. The monoisotopic (exact) mass is 416 g/mol. The number of pyridine rings is 2. The van der Waals surface area contributed by atoms with Crippen molar-refractivity contribution >= 4 is 40.1 Å². The topological polar surface area (TPSA) is 105 Å². The molecule has 9 nitrogen and oxygen atoms in total. The average Bonchev–Trinajstić information content (AvgIpc) is 3.33. The second-order valence-corrected chi connectivity index (χ2v) is 6.87. The van der Waals surface area contributed by atoms with Crippen molar-refractivity contribution in [1.82, 2.24) is 28.7 Å². The van der Waals surface area contributed by atoms with E-state index in [0.717, 1.165) is 11.5 Å². The molecule has 0 amide bonds. The number of hydrogen-bond donors (Lipinski definition) is 0. The summed E-state index contributed by atoms with van der Waals surface area (Å²) in [6, 6.07) is 3.32. The normalized spacial score (nSPS) is 11.1. The summed E-state index contributed by atoms with van der Waals surface area (Å²) in [4.78, 5) is 34.0. The maximum absolute atomic E-state index is 12.9. The van der Waals surface area contributed by atoms with Gasteiger partial charge in [0.1, 0.15) is 10.7 Å². The zero-order valence-corrected chi connectivity index (χ0v) is 16.4. The van der Waals surface area contributed by atoms with Crippen molar-refractivity contribution in [3.05, 3.63) is 57.2 Å². The summed E-state index contributed by atoms with van der Waals surface area (Å²) in [6.07, 6.45) is 4.68. The molecule has 0 fully saturated rings. The van der Waals surface area contributed by atoms with Crippen LogP contribution in [0.3, 0.4) is 0 Å². The highest BCUT2D eigenvalue weighted by Gasteiger charge is 2.21. The lowest BCUT2D eigenvalue weighted by atomic mass is 10.1. The van der Waals surface area contributed by atoms with Crippen molar-refractivity contribution in [3.8, 4) is 11.1 Å². The van der Waals surface area contributed by atoms with Crippen LogP contribution in [0.5, 0.6) is 0 Å². The number of carbonyl (C=O) groups is 1. The van der Waals surface area contributed by atoms with Crippen molar-refractivity contribution in [1.29, 1.82) is 0 Å². The van der Waals surface area contributed by atoms with Crippen molar-refractivity contribution in [2.75, 3.05) is 6.61 Å². The fraction of sp³-hybridized carbons (Fsp3) is 0.176. The Hall–Kier alpha value is -3.11. The van der Waals surface area contributed by atoms with Gasteiger partial charge in [-0.3, -0.25) is 9.36 Å². The first-order chi connectivity index (χ1) is 13.5. The average molecular weight is 417 g/mol. The van der Waals surface area contributed by atoms with Gasteiger partial charge < -0.3 is 4.74 Å². The fourth-order valence-electron chi connectivity index (χ4n) is 2.74. The Morgan fingerprint density at radius 3 is 2.89 bits per heavy atom. The molecule has 11 heteroatoms. The summed E-state index contributed by atoms with van der Waals surface area (Å²) in [5.74, 6) is -0.359. The van der Waals surface area contributed by atoms with E-state index in [-0.39, 0.29) is 28.4 Å². The van der Waals surface area contributed by atoms with Gasteiger partial charge in [0, 0.05) is 30.1 Å². The van der Waals surface area contributed by atoms with E-state index in [1.807, 2.05) is 0 Å². The molecule has 0 radical (unpaired) electrons. The predicted octanol–water partition coefficient (Wildman–Crippen LogP) is 2.56. The van der Waals surface area contributed by atoms with E-state index >= 15 is 0 Å². The van der Waals surface area contributed by atoms with Crippen molar-refractivity contribution in [2.24, 2.45) is 0 Å². The van der Waals surface area contributed by atoms with Gasteiger partial charge in [-0.15, -0.1) is 4.37 Å². The molecule has 4 aromatic heterocycles. The zero-order valence-electron chi connectivity index (χ0n) is 14.8. The molecule has 0 aromatic carbocycles. The van der Waals surface area contributed by atoms with E-state index < -0.39 is 11.4 Å². The highest BCUT2D eigenvalue weighted by atomic mass is 35.5. The van der Waals surface area contributed by atoms with Gasteiger partial charge in [0.25, 0.3) is 5.95 Å². The molecule has 0 saturated carbocycles. The Kier molecular flexibility index (Phi) is 4.65. The van der Waals surface area contributed by atoms with Gasteiger partial charge in [0.2, 0.25) is 10.6 Å². The van der Waals surface area contributed by atoms with E-state index in [9.17, 15) is 9.59 Å². The van der Waals surface area contributed by atoms with Crippen LogP contribution in [0, 0.1) is 6.92 Å². The van der Waals surface area contributed by atoms with Gasteiger partial charge in [-0.05, 0) is 31.5 Å².